The van der Waals surface area contributed by atoms with Gasteiger partial charge in [-0.05, 0) is 25.1 Å². The molecule has 2 rings (SSSR count). The Morgan fingerprint density at radius 2 is 2.36 bits per heavy atom. The van der Waals surface area contributed by atoms with Crippen LogP contribution in [0.1, 0.15) is 9.75 Å². The molecule has 0 unspecified atom stereocenters. The van der Waals surface area contributed by atoms with Crippen molar-refractivity contribution in [1.29, 1.82) is 0 Å². The first-order chi connectivity index (χ1) is 6.65. The van der Waals surface area contributed by atoms with Crippen molar-refractivity contribution < 1.29 is 4.79 Å². The van der Waals surface area contributed by atoms with Crippen molar-refractivity contribution >= 4 is 29.3 Å². The summed E-state index contributed by atoms with van der Waals surface area (Å²) in [7, 11) is 0. The van der Waals surface area contributed by atoms with E-state index in [0.29, 0.717) is 5.70 Å². The summed E-state index contributed by atoms with van der Waals surface area (Å²) < 4.78 is 0. The summed E-state index contributed by atoms with van der Waals surface area (Å²) >= 11 is 1.61. The van der Waals surface area contributed by atoms with E-state index in [1.165, 1.54) is 4.88 Å². The molecule has 0 spiro atoms. The lowest BCUT2D eigenvalue weighted by molar-refractivity contribution is -0.115. The summed E-state index contributed by atoms with van der Waals surface area (Å²) in [6, 6.07) is 3.95. The highest BCUT2D eigenvalue weighted by atomic mass is 32.1. The first kappa shape index (κ1) is 8.96. The number of guanidine groups is 1. The normalized spacial score (nSPS) is 18.5. The molecule has 0 saturated heterocycles. The molecular formula is C9H9N3OS. The molecule has 0 fully saturated rings. The highest BCUT2D eigenvalue weighted by molar-refractivity contribution is 7.12. The smallest absolute Gasteiger partial charge is 0.276 e. The molecule has 0 aromatic carbocycles. The molecule has 1 aliphatic rings. The van der Waals surface area contributed by atoms with Gasteiger partial charge < -0.3 is 5.73 Å². The van der Waals surface area contributed by atoms with Gasteiger partial charge in [0.05, 0.1) is 0 Å². The van der Waals surface area contributed by atoms with E-state index in [1.54, 1.807) is 17.4 Å². The number of nitrogens with one attached hydrogen (secondary N) is 1. The third-order valence-electron chi connectivity index (χ3n) is 1.76. The van der Waals surface area contributed by atoms with Gasteiger partial charge in [-0.15, -0.1) is 11.3 Å². The maximum Gasteiger partial charge on any atom is 0.276 e. The second-order valence-electron chi connectivity index (χ2n) is 2.93. The second-order valence-corrected chi connectivity index (χ2v) is 4.25. The highest BCUT2D eigenvalue weighted by Gasteiger charge is 2.17. The minimum atomic E-state index is -0.242. The van der Waals surface area contributed by atoms with Crippen molar-refractivity contribution in [2.75, 3.05) is 0 Å². The molecular weight excluding hydrogens is 198 g/mol. The fourth-order valence-electron chi connectivity index (χ4n) is 1.15. The molecule has 0 bridgehead atoms. The van der Waals surface area contributed by atoms with Crippen molar-refractivity contribution in [2.45, 2.75) is 6.92 Å². The van der Waals surface area contributed by atoms with Gasteiger partial charge in [-0.3, -0.25) is 10.1 Å². The minimum absolute atomic E-state index is 0.162. The Morgan fingerprint density at radius 3 is 2.86 bits per heavy atom. The summed E-state index contributed by atoms with van der Waals surface area (Å²) in [5.41, 5.74) is 5.72. The molecule has 0 radical (unpaired) electrons. The summed E-state index contributed by atoms with van der Waals surface area (Å²) in [4.78, 5) is 17.3. The first-order valence-corrected chi connectivity index (χ1v) is 4.90. The van der Waals surface area contributed by atoms with E-state index in [2.05, 4.69) is 10.3 Å². The molecule has 5 heteroatoms. The topological polar surface area (TPSA) is 67.5 Å². The lowest BCUT2D eigenvalue weighted by Gasteiger charge is -1.88. The zero-order valence-electron chi connectivity index (χ0n) is 7.57. The average molecular weight is 207 g/mol. The van der Waals surface area contributed by atoms with Gasteiger partial charge in [0.2, 0.25) is 5.96 Å². The number of nitrogens with two attached hydrogens (primary N) is 1. The van der Waals surface area contributed by atoms with Crippen molar-refractivity contribution in [3.8, 4) is 0 Å². The molecule has 4 nitrogen and oxygen atoms in total. The van der Waals surface area contributed by atoms with Crippen molar-refractivity contribution in [3.05, 3.63) is 27.6 Å². The van der Waals surface area contributed by atoms with E-state index in [1.807, 2.05) is 19.1 Å². The maximum atomic E-state index is 11.2. The molecule has 0 aliphatic carbocycles. The standard InChI is InChI=1S/C9H9N3OS/c1-5-2-3-6(14-5)4-7-8(13)12-9(10)11-7/h2-4H,1H3,(H3,10,11,12,13)/b7-4-. The molecule has 1 aromatic rings. The van der Waals surface area contributed by atoms with Crippen molar-refractivity contribution in [3.63, 3.8) is 0 Å². The van der Waals surface area contributed by atoms with Crippen LogP contribution in [0.2, 0.25) is 0 Å². The van der Waals surface area contributed by atoms with Crippen LogP contribution in [0.4, 0.5) is 0 Å². The van der Waals surface area contributed by atoms with Gasteiger partial charge in [0.25, 0.3) is 5.91 Å². The number of hydrogen-bond donors (Lipinski definition) is 2. The van der Waals surface area contributed by atoms with E-state index >= 15 is 0 Å². The molecule has 0 saturated carbocycles. The minimum Gasteiger partial charge on any atom is -0.369 e. The lowest BCUT2D eigenvalue weighted by atomic mass is 10.3. The third kappa shape index (κ3) is 1.67. The number of carbonyl (C=O) groups excluding carboxylic acids is 1. The Kier molecular flexibility index (Phi) is 2.09. The summed E-state index contributed by atoms with van der Waals surface area (Å²) in [5, 5.41) is 2.42. The predicted molar refractivity (Wildman–Crippen MR) is 56.8 cm³/mol. The number of rotatable bonds is 1. The zero-order chi connectivity index (χ0) is 10.1. The quantitative estimate of drug-likeness (QED) is 0.670. The van der Waals surface area contributed by atoms with Crippen LogP contribution < -0.4 is 11.1 Å². The van der Waals surface area contributed by atoms with E-state index in [4.69, 9.17) is 5.73 Å². The van der Waals surface area contributed by atoms with Gasteiger partial charge in [0.1, 0.15) is 5.70 Å². The van der Waals surface area contributed by atoms with Gasteiger partial charge in [-0.1, -0.05) is 0 Å². The van der Waals surface area contributed by atoms with Crippen LogP contribution in [0.5, 0.6) is 0 Å². The Balaban J connectivity index is 2.31. The van der Waals surface area contributed by atoms with Gasteiger partial charge >= 0.3 is 0 Å². The van der Waals surface area contributed by atoms with E-state index in [-0.39, 0.29) is 11.9 Å². The summed E-state index contributed by atoms with van der Waals surface area (Å²) in [6.07, 6.45) is 1.73. The van der Waals surface area contributed by atoms with Gasteiger partial charge in [-0.25, -0.2) is 4.99 Å². The van der Waals surface area contributed by atoms with Crippen LogP contribution in [0.3, 0.4) is 0 Å². The molecule has 72 valence electrons. The largest absolute Gasteiger partial charge is 0.369 e. The Labute approximate surface area is 85.1 Å². The first-order valence-electron chi connectivity index (χ1n) is 4.09. The highest BCUT2D eigenvalue weighted by Crippen LogP contribution is 2.19. The Morgan fingerprint density at radius 1 is 1.57 bits per heavy atom. The van der Waals surface area contributed by atoms with Crippen LogP contribution in [0.15, 0.2) is 22.8 Å². The summed E-state index contributed by atoms with van der Waals surface area (Å²) in [6.45, 7) is 2.01. The zero-order valence-corrected chi connectivity index (χ0v) is 8.39. The molecule has 1 aromatic heterocycles. The number of hydrogen-bond acceptors (Lipinski definition) is 4. The number of nitrogens with zero attached hydrogens (tertiary/aromatic N) is 1. The molecule has 1 amide bonds. The Bertz CT molecular complexity index is 445. The third-order valence-corrected chi connectivity index (χ3v) is 2.70. The fraction of sp³-hybridized carbons (Fsp3) is 0.111. The number of thiophene rings is 1. The van der Waals surface area contributed by atoms with E-state index in [9.17, 15) is 4.79 Å². The summed E-state index contributed by atoms with van der Waals surface area (Å²) in [5.74, 6) is -0.0805. The Hall–Kier alpha value is -1.62. The average Bonchev–Trinajstić information content (AvgIpc) is 2.61. The van der Waals surface area contributed by atoms with Crippen LogP contribution in [0, 0.1) is 6.92 Å². The number of aliphatic imine (C=N–C) groups is 1. The van der Waals surface area contributed by atoms with Crippen molar-refractivity contribution in [1.82, 2.24) is 5.32 Å². The van der Waals surface area contributed by atoms with Crippen LogP contribution in [-0.4, -0.2) is 11.9 Å². The monoisotopic (exact) mass is 207 g/mol. The predicted octanol–water partition coefficient (Wildman–Crippen LogP) is 0.842. The maximum absolute atomic E-state index is 11.2. The molecule has 1 aliphatic heterocycles. The molecule has 14 heavy (non-hydrogen) atoms. The van der Waals surface area contributed by atoms with Crippen LogP contribution in [0.25, 0.3) is 6.08 Å². The van der Waals surface area contributed by atoms with Crippen LogP contribution >= 0.6 is 11.3 Å². The van der Waals surface area contributed by atoms with E-state index < -0.39 is 0 Å². The number of carbonyl (C=O) groups is 1. The molecule has 0 atom stereocenters. The van der Waals surface area contributed by atoms with Gasteiger partial charge in [-0.2, -0.15) is 0 Å². The number of aryl methyl sites for hydroxylation is 1. The molecule has 2 heterocycles. The van der Waals surface area contributed by atoms with Gasteiger partial charge in [0.15, 0.2) is 0 Å². The fourth-order valence-corrected chi connectivity index (χ4v) is 1.97. The lowest BCUT2D eigenvalue weighted by Crippen LogP contribution is -2.30. The number of amides is 1. The second kappa shape index (κ2) is 3.26. The van der Waals surface area contributed by atoms with E-state index in [0.717, 1.165) is 4.88 Å². The van der Waals surface area contributed by atoms with Crippen molar-refractivity contribution in [2.24, 2.45) is 10.7 Å². The van der Waals surface area contributed by atoms with Crippen LogP contribution in [-0.2, 0) is 4.79 Å². The SMILES string of the molecule is Cc1ccc(/C=C2\N=C(N)NC2=O)s1. The molecule has 3 N–H and O–H groups in total. The van der Waals surface area contributed by atoms with Gasteiger partial charge in [0, 0.05) is 9.75 Å².